The first-order valence-corrected chi connectivity index (χ1v) is 10.1. The second-order valence-corrected chi connectivity index (χ2v) is 7.03. The molecule has 32 heavy (non-hydrogen) atoms. The van der Waals surface area contributed by atoms with Crippen molar-refractivity contribution in [3.05, 3.63) is 66.3 Å². The molecule has 0 saturated heterocycles. The topological polar surface area (TPSA) is 118 Å². The third-order valence-electron chi connectivity index (χ3n) is 4.93. The molecular formula is C23H23N5O4. The molecule has 4 rings (SSSR count). The Kier molecular flexibility index (Phi) is 6.69. The van der Waals surface area contributed by atoms with E-state index in [1.807, 2.05) is 18.2 Å². The average molecular weight is 433 g/mol. The lowest BCUT2D eigenvalue weighted by atomic mass is 9.98. The highest BCUT2D eigenvalue weighted by Crippen LogP contribution is 2.33. The van der Waals surface area contributed by atoms with Crippen LogP contribution in [0.15, 0.2) is 55.0 Å². The largest absolute Gasteiger partial charge is 0.496 e. The van der Waals surface area contributed by atoms with E-state index in [1.165, 1.54) is 18.0 Å². The summed E-state index contributed by atoms with van der Waals surface area (Å²) in [4.78, 5) is 25.0. The van der Waals surface area contributed by atoms with Crippen LogP contribution in [0.25, 0.3) is 16.8 Å². The fourth-order valence-electron chi connectivity index (χ4n) is 3.32. The summed E-state index contributed by atoms with van der Waals surface area (Å²) in [7, 11) is 1.64. The van der Waals surface area contributed by atoms with Gasteiger partial charge >= 0.3 is 6.03 Å². The smallest absolute Gasteiger partial charge is 0.324 e. The molecule has 0 spiro atoms. The number of anilines is 2. The fourth-order valence-corrected chi connectivity index (χ4v) is 3.32. The van der Waals surface area contributed by atoms with Crippen LogP contribution >= 0.6 is 0 Å². The van der Waals surface area contributed by atoms with Gasteiger partial charge in [0.15, 0.2) is 5.82 Å². The SMILES string of the molecule is COc1cc(-c2cncc(NC(=O)Nc3ccc(CO)nc3)n2)ccc1C1=CCOCC1. The van der Waals surface area contributed by atoms with Crippen LogP contribution in [-0.4, -0.2) is 46.4 Å². The Balaban J connectivity index is 1.49. The van der Waals surface area contributed by atoms with Crippen molar-refractivity contribution in [2.75, 3.05) is 31.0 Å². The number of methoxy groups -OCH3 is 1. The van der Waals surface area contributed by atoms with Gasteiger partial charge in [0.05, 0.1) is 62.6 Å². The maximum atomic E-state index is 12.3. The number of pyridine rings is 1. The van der Waals surface area contributed by atoms with Gasteiger partial charge in [0.1, 0.15) is 5.75 Å². The Bertz CT molecular complexity index is 1130. The van der Waals surface area contributed by atoms with Crippen molar-refractivity contribution >= 4 is 23.1 Å². The van der Waals surface area contributed by atoms with E-state index in [0.717, 1.165) is 23.3 Å². The summed E-state index contributed by atoms with van der Waals surface area (Å²) < 4.78 is 11.0. The Labute approximate surface area is 185 Å². The number of nitrogens with zero attached hydrogens (tertiary/aromatic N) is 3. The van der Waals surface area contributed by atoms with Crippen molar-refractivity contribution in [2.45, 2.75) is 13.0 Å². The predicted molar refractivity (Wildman–Crippen MR) is 120 cm³/mol. The molecule has 1 aliphatic heterocycles. The number of carbonyl (C=O) groups excluding carboxylic acids is 1. The number of aliphatic hydroxyl groups is 1. The van der Waals surface area contributed by atoms with Crippen molar-refractivity contribution in [3.8, 4) is 17.0 Å². The zero-order valence-corrected chi connectivity index (χ0v) is 17.5. The minimum Gasteiger partial charge on any atom is -0.496 e. The molecule has 0 aliphatic carbocycles. The predicted octanol–water partition coefficient (Wildman–Crippen LogP) is 3.49. The molecule has 2 aromatic heterocycles. The number of urea groups is 1. The van der Waals surface area contributed by atoms with Crippen molar-refractivity contribution in [3.63, 3.8) is 0 Å². The zero-order valence-electron chi connectivity index (χ0n) is 17.5. The summed E-state index contributed by atoms with van der Waals surface area (Å²) in [6, 6.07) is 8.67. The Morgan fingerprint density at radius 3 is 2.81 bits per heavy atom. The fraction of sp³-hybridized carbons (Fsp3) is 0.217. The maximum Gasteiger partial charge on any atom is 0.324 e. The van der Waals surface area contributed by atoms with Crippen molar-refractivity contribution in [2.24, 2.45) is 0 Å². The van der Waals surface area contributed by atoms with Crippen LogP contribution in [0, 0.1) is 0 Å². The normalized spacial score (nSPS) is 13.2. The first-order chi connectivity index (χ1) is 15.7. The zero-order chi connectivity index (χ0) is 22.3. The van der Waals surface area contributed by atoms with E-state index in [4.69, 9.17) is 14.6 Å². The summed E-state index contributed by atoms with van der Waals surface area (Å²) in [6.45, 7) is 1.13. The van der Waals surface area contributed by atoms with Gasteiger partial charge in [-0.3, -0.25) is 15.3 Å². The van der Waals surface area contributed by atoms with Crippen LogP contribution in [-0.2, 0) is 11.3 Å². The molecule has 0 bridgehead atoms. The monoisotopic (exact) mass is 433 g/mol. The van der Waals surface area contributed by atoms with Gasteiger partial charge in [0, 0.05) is 11.1 Å². The second kappa shape index (κ2) is 9.99. The molecule has 0 atom stereocenters. The number of aliphatic hydroxyl groups excluding tert-OH is 1. The van der Waals surface area contributed by atoms with Gasteiger partial charge in [0.25, 0.3) is 0 Å². The third-order valence-corrected chi connectivity index (χ3v) is 4.93. The number of aromatic nitrogens is 3. The van der Waals surface area contributed by atoms with E-state index in [9.17, 15) is 4.79 Å². The van der Waals surface area contributed by atoms with Gasteiger partial charge in [-0.1, -0.05) is 18.2 Å². The van der Waals surface area contributed by atoms with Crippen LogP contribution in [0.5, 0.6) is 5.75 Å². The highest BCUT2D eigenvalue weighted by atomic mass is 16.5. The first kappa shape index (κ1) is 21.4. The molecule has 0 fully saturated rings. The summed E-state index contributed by atoms with van der Waals surface area (Å²) in [5.41, 5.74) is 4.65. The molecule has 1 aliphatic rings. The van der Waals surface area contributed by atoms with Gasteiger partial charge in [-0.05, 0) is 30.2 Å². The second-order valence-electron chi connectivity index (χ2n) is 7.03. The molecule has 1 aromatic carbocycles. The lowest BCUT2D eigenvalue weighted by Crippen LogP contribution is -2.20. The van der Waals surface area contributed by atoms with E-state index in [0.29, 0.717) is 36.1 Å². The quantitative estimate of drug-likeness (QED) is 0.544. The van der Waals surface area contributed by atoms with E-state index >= 15 is 0 Å². The molecule has 3 heterocycles. The average Bonchev–Trinajstić information content (AvgIpc) is 2.84. The Morgan fingerprint density at radius 2 is 2.09 bits per heavy atom. The number of carbonyl (C=O) groups is 1. The Hall–Kier alpha value is -3.82. The number of hydrogen-bond acceptors (Lipinski definition) is 7. The molecule has 0 saturated carbocycles. The van der Waals surface area contributed by atoms with Crippen LogP contribution in [0.2, 0.25) is 0 Å². The van der Waals surface area contributed by atoms with Crippen LogP contribution < -0.4 is 15.4 Å². The van der Waals surface area contributed by atoms with E-state index in [1.54, 1.807) is 25.4 Å². The lowest BCUT2D eigenvalue weighted by molar-refractivity contribution is 0.161. The highest BCUT2D eigenvalue weighted by Gasteiger charge is 2.14. The van der Waals surface area contributed by atoms with Crippen molar-refractivity contribution < 1.29 is 19.4 Å². The molecule has 164 valence electrons. The summed E-state index contributed by atoms with van der Waals surface area (Å²) in [6.07, 6.45) is 7.46. The van der Waals surface area contributed by atoms with Gasteiger partial charge in [-0.25, -0.2) is 9.78 Å². The molecule has 0 unspecified atom stereocenters. The molecule has 2 amide bonds. The number of amides is 2. The molecule has 0 radical (unpaired) electrons. The highest BCUT2D eigenvalue weighted by molar-refractivity contribution is 5.99. The van der Waals surface area contributed by atoms with E-state index in [2.05, 4.69) is 31.7 Å². The van der Waals surface area contributed by atoms with E-state index < -0.39 is 6.03 Å². The van der Waals surface area contributed by atoms with Gasteiger partial charge in [-0.15, -0.1) is 0 Å². The number of nitrogens with one attached hydrogen (secondary N) is 2. The van der Waals surface area contributed by atoms with Crippen LogP contribution in [0.4, 0.5) is 16.3 Å². The molecular weight excluding hydrogens is 410 g/mol. The summed E-state index contributed by atoms with van der Waals surface area (Å²) >= 11 is 0. The lowest BCUT2D eigenvalue weighted by Gasteiger charge is -2.17. The van der Waals surface area contributed by atoms with Crippen molar-refractivity contribution in [1.82, 2.24) is 15.0 Å². The summed E-state index contributed by atoms with van der Waals surface area (Å²) in [5, 5.41) is 14.4. The maximum absolute atomic E-state index is 12.3. The number of benzene rings is 1. The van der Waals surface area contributed by atoms with Crippen molar-refractivity contribution in [1.29, 1.82) is 0 Å². The minimum atomic E-state index is -0.477. The first-order valence-electron chi connectivity index (χ1n) is 10.1. The van der Waals surface area contributed by atoms with Crippen LogP contribution in [0.1, 0.15) is 17.7 Å². The standard InChI is InChI=1S/C23H23N5O4/c1-31-21-10-16(2-5-19(21)15-6-8-32-9-7-15)20-12-24-13-22(27-20)28-23(30)26-17-3-4-18(14-29)25-11-17/h2-6,10-13,29H,7-9,14H2,1H3,(H2,26,27,28,30). The van der Waals surface area contributed by atoms with Gasteiger partial charge in [0.2, 0.25) is 0 Å². The van der Waals surface area contributed by atoms with Gasteiger partial charge < -0.3 is 19.9 Å². The Morgan fingerprint density at radius 1 is 1.19 bits per heavy atom. The van der Waals surface area contributed by atoms with Crippen LogP contribution in [0.3, 0.4) is 0 Å². The molecule has 9 nitrogen and oxygen atoms in total. The molecule has 3 N–H and O–H groups in total. The summed E-state index contributed by atoms with van der Waals surface area (Å²) in [5.74, 6) is 1.04. The number of rotatable bonds is 6. The number of hydrogen-bond donors (Lipinski definition) is 3. The van der Waals surface area contributed by atoms with E-state index in [-0.39, 0.29) is 6.61 Å². The molecule has 3 aromatic rings. The molecule has 9 heteroatoms. The number of ether oxygens (including phenoxy) is 2. The third kappa shape index (κ3) is 5.08. The van der Waals surface area contributed by atoms with Gasteiger partial charge in [-0.2, -0.15) is 0 Å². The minimum absolute atomic E-state index is 0.160.